The lowest BCUT2D eigenvalue weighted by atomic mass is 10.0. The first-order valence-electron chi connectivity index (χ1n) is 5.69. The number of sulfone groups is 1. The molecule has 0 aliphatic heterocycles. The van der Waals surface area contributed by atoms with Gasteiger partial charge in [0.1, 0.15) is 0 Å². The Morgan fingerprint density at radius 3 is 2.05 bits per heavy atom. The Morgan fingerprint density at radius 2 is 1.60 bits per heavy atom. The molecule has 0 saturated carbocycles. The summed E-state index contributed by atoms with van der Waals surface area (Å²) in [6.07, 6.45) is 1.17. The topological polar surface area (TPSA) is 77.2 Å². The van der Waals surface area contributed by atoms with Crippen LogP contribution < -0.4 is 5.73 Å². The minimum Gasteiger partial charge on any atom is -0.366 e. The number of rotatable bonds is 3. The van der Waals surface area contributed by atoms with E-state index < -0.39 is 15.7 Å². The number of hydrogen-bond donors (Lipinski definition) is 1. The second-order valence-electron chi connectivity index (χ2n) is 4.36. The first kappa shape index (κ1) is 14.7. The molecular weight excluding hydrogens is 342 g/mol. The fourth-order valence-electron chi connectivity index (χ4n) is 1.79. The van der Waals surface area contributed by atoms with Crippen LogP contribution in [0.2, 0.25) is 0 Å². The Hall–Kier alpha value is -1.66. The maximum absolute atomic E-state index is 11.4. The van der Waals surface area contributed by atoms with Gasteiger partial charge < -0.3 is 5.73 Å². The Bertz CT molecular complexity index is 768. The molecule has 2 aromatic rings. The van der Waals surface area contributed by atoms with Gasteiger partial charge in [0.15, 0.2) is 9.84 Å². The third-order valence-corrected chi connectivity index (χ3v) is 4.63. The number of carbonyl (C=O) groups is 1. The van der Waals surface area contributed by atoms with Crippen molar-refractivity contribution in [2.75, 3.05) is 6.26 Å². The lowest BCUT2D eigenvalue weighted by molar-refractivity contribution is 0.0999. The first-order chi connectivity index (χ1) is 9.29. The summed E-state index contributed by atoms with van der Waals surface area (Å²) < 4.78 is 23.4. The second kappa shape index (κ2) is 5.38. The molecule has 0 radical (unpaired) electrons. The summed E-state index contributed by atoms with van der Waals surface area (Å²) in [5.74, 6) is -0.504. The molecule has 2 rings (SSSR count). The van der Waals surface area contributed by atoms with Crippen molar-refractivity contribution in [3.05, 3.63) is 52.5 Å². The summed E-state index contributed by atoms with van der Waals surface area (Å²) in [4.78, 5) is 11.4. The molecule has 0 atom stereocenters. The standard InChI is InChI=1S/C14H12BrNO3S/c1-20(18,19)11-5-2-9(3-6-11)10-4-7-12(14(16)17)13(15)8-10/h2-8H,1H3,(H2,16,17). The van der Waals surface area contributed by atoms with Crippen molar-refractivity contribution in [1.29, 1.82) is 0 Å². The smallest absolute Gasteiger partial charge is 0.249 e. The van der Waals surface area contributed by atoms with Crippen molar-refractivity contribution >= 4 is 31.7 Å². The number of primary amides is 1. The minimum absolute atomic E-state index is 0.272. The van der Waals surface area contributed by atoms with E-state index in [4.69, 9.17) is 5.73 Å². The van der Waals surface area contributed by atoms with Crippen LogP contribution in [0.25, 0.3) is 11.1 Å². The van der Waals surface area contributed by atoms with Gasteiger partial charge in [0.25, 0.3) is 0 Å². The molecule has 0 aromatic heterocycles. The van der Waals surface area contributed by atoms with Gasteiger partial charge in [-0.1, -0.05) is 18.2 Å². The predicted octanol–water partition coefficient (Wildman–Crippen LogP) is 2.62. The van der Waals surface area contributed by atoms with Crippen molar-refractivity contribution in [3.63, 3.8) is 0 Å². The van der Waals surface area contributed by atoms with Crippen LogP contribution in [0.4, 0.5) is 0 Å². The highest BCUT2D eigenvalue weighted by molar-refractivity contribution is 9.10. The molecule has 0 aliphatic carbocycles. The van der Waals surface area contributed by atoms with Gasteiger partial charge in [-0.05, 0) is 51.3 Å². The van der Waals surface area contributed by atoms with Gasteiger partial charge in [0.2, 0.25) is 5.91 Å². The Kier molecular flexibility index (Phi) is 3.96. The van der Waals surface area contributed by atoms with E-state index in [-0.39, 0.29) is 4.90 Å². The van der Waals surface area contributed by atoms with Crippen LogP contribution in [-0.2, 0) is 9.84 Å². The van der Waals surface area contributed by atoms with Gasteiger partial charge in [0.05, 0.1) is 10.5 Å². The fraction of sp³-hybridized carbons (Fsp3) is 0.0714. The van der Waals surface area contributed by atoms with Gasteiger partial charge >= 0.3 is 0 Å². The molecule has 0 unspecified atom stereocenters. The number of benzene rings is 2. The third kappa shape index (κ3) is 3.08. The summed E-state index contributed by atoms with van der Waals surface area (Å²) in [6.45, 7) is 0. The van der Waals surface area contributed by atoms with Gasteiger partial charge in [-0.2, -0.15) is 0 Å². The molecule has 2 N–H and O–H groups in total. The molecule has 0 saturated heterocycles. The van der Waals surface area contributed by atoms with Crippen LogP contribution in [-0.4, -0.2) is 20.6 Å². The van der Waals surface area contributed by atoms with Crippen molar-refractivity contribution in [3.8, 4) is 11.1 Å². The van der Waals surface area contributed by atoms with Crippen LogP contribution in [0, 0.1) is 0 Å². The molecule has 1 amide bonds. The predicted molar refractivity (Wildman–Crippen MR) is 81.2 cm³/mol. The summed E-state index contributed by atoms with van der Waals surface area (Å²) in [5, 5.41) is 0. The summed E-state index contributed by atoms with van der Waals surface area (Å²) in [7, 11) is -3.20. The summed E-state index contributed by atoms with van der Waals surface area (Å²) in [5.41, 5.74) is 7.36. The van der Waals surface area contributed by atoms with Gasteiger partial charge in [-0.3, -0.25) is 4.79 Å². The van der Waals surface area contributed by atoms with Gasteiger partial charge in [-0.15, -0.1) is 0 Å². The maximum Gasteiger partial charge on any atom is 0.249 e. The number of amides is 1. The lowest BCUT2D eigenvalue weighted by Gasteiger charge is -2.06. The summed E-state index contributed by atoms with van der Waals surface area (Å²) >= 11 is 3.29. The first-order valence-corrected chi connectivity index (χ1v) is 8.37. The second-order valence-corrected chi connectivity index (χ2v) is 7.23. The van der Waals surface area contributed by atoms with E-state index in [1.807, 2.05) is 0 Å². The van der Waals surface area contributed by atoms with E-state index in [9.17, 15) is 13.2 Å². The van der Waals surface area contributed by atoms with E-state index in [0.29, 0.717) is 10.0 Å². The average Bonchev–Trinajstić information content (AvgIpc) is 2.37. The van der Waals surface area contributed by atoms with Gasteiger partial charge in [-0.25, -0.2) is 8.42 Å². The van der Waals surface area contributed by atoms with Crippen LogP contribution >= 0.6 is 15.9 Å². The highest BCUT2D eigenvalue weighted by Gasteiger charge is 2.09. The molecule has 2 aromatic carbocycles. The Labute approximate surface area is 125 Å². The quantitative estimate of drug-likeness (QED) is 0.921. The molecule has 20 heavy (non-hydrogen) atoms. The molecule has 0 fully saturated rings. The molecule has 0 heterocycles. The molecule has 0 bridgehead atoms. The number of carbonyl (C=O) groups excluding carboxylic acids is 1. The molecule has 104 valence electrons. The normalized spacial score (nSPS) is 11.3. The maximum atomic E-state index is 11.4. The van der Waals surface area contributed by atoms with Crippen molar-refractivity contribution in [2.45, 2.75) is 4.90 Å². The zero-order valence-electron chi connectivity index (χ0n) is 10.6. The van der Waals surface area contributed by atoms with E-state index in [0.717, 1.165) is 11.1 Å². The highest BCUT2D eigenvalue weighted by Crippen LogP contribution is 2.26. The number of hydrogen-bond acceptors (Lipinski definition) is 3. The number of halogens is 1. The monoisotopic (exact) mass is 353 g/mol. The molecular formula is C14H12BrNO3S. The minimum atomic E-state index is -3.20. The van der Waals surface area contributed by atoms with Crippen LogP contribution in [0.3, 0.4) is 0 Å². The van der Waals surface area contributed by atoms with Crippen LogP contribution in [0.1, 0.15) is 10.4 Å². The van der Waals surface area contributed by atoms with Crippen molar-refractivity contribution < 1.29 is 13.2 Å². The van der Waals surface area contributed by atoms with Crippen molar-refractivity contribution in [2.24, 2.45) is 5.73 Å². The molecule has 6 heteroatoms. The molecule has 0 aliphatic rings. The molecule has 4 nitrogen and oxygen atoms in total. The fourth-order valence-corrected chi connectivity index (χ4v) is 2.99. The average molecular weight is 354 g/mol. The number of nitrogens with two attached hydrogens (primary N) is 1. The van der Waals surface area contributed by atoms with Crippen LogP contribution in [0.15, 0.2) is 51.8 Å². The van der Waals surface area contributed by atoms with Gasteiger partial charge in [0, 0.05) is 10.7 Å². The zero-order valence-corrected chi connectivity index (χ0v) is 13.0. The highest BCUT2D eigenvalue weighted by atomic mass is 79.9. The molecule has 0 spiro atoms. The Morgan fingerprint density at radius 1 is 1.05 bits per heavy atom. The zero-order chi connectivity index (χ0) is 14.9. The largest absolute Gasteiger partial charge is 0.366 e. The van der Waals surface area contributed by atoms with E-state index >= 15 is 0 Å². The van der Waals surface area contributed by atoms with E-state index in [1.165, 1.54) is 6.26 Å². The van der Waals surface area contributed by atoms with Crippen molar-refractivity contribution in [1.82, 2.24) is 0 Å². The van der Waals surface area contributed by atoms with Crippen LogP contribution in [0.5, 0.6) is 0 Å². The lowest BCUT2D eigenvalue weighted by Crippen LogP contribution is -2.11. The summed E-state index contributed by atoms with van der Waals surface area (Å²) in [6, 6.07) is 11.7. The third-order valence-electron chi connectivity index (χ3n) is 2.85. The SMILES string of the molecule is CS(=O)(=O)c1ccc(-c2ccc(C(N)=O)c(Br)c2)cc1. The van der Waals surface area contributed by atoms with E-state index in [1.54, 1.807) is 42.5 Å². The van der Waals surface area contributed by atoms with E-state index in [2.05, 4.69) is 15.9 Å². The Balaban J connectivity index is 2.42.